The number of carboxylic acid groups (broad SMARTS) is 1. The number of rotatable bonds is 3. The first-order valence-electron chi connectivity index (χ1n) is 5.29. The molecule has 1 aromatic rings. The van der Waals surface area contributed by atoms with Gasteiger partial charge in [0.1, 0.15) is 0 Å². The van der Waals surface area contributed by atoms with Crippen LogP contribution in [-0.4, -0.2) is 33.4 Å². The van der Waals surface area contributed by atoms with Crippen LogP contribution in [0.15, 0.2) is 18.5 Å². The van der Waals surface area contributed by atoms with E-state index in [1.54, 1.807) is 11.1 Å². The molecule has 0 aliphatic carbocycles. The fraction of sp³-hybridized carbons (Fsp3) is 0.455. The molecule has 0 spiro atoms. The molecule has 86 valence electrons. The zero-order valence-corrected chi connectivity index (χ0v) is 8.85. The van der Waals surface area contributed by atoms with Gasteiger partial charge in [-0.2, -0.15) is 0 Å². The molecule has 1 aromatic heterocycles. The zero-order chi connectivity index (χ0) is 11.5. The molecular formula is C11H14N2O3. The van der Waals surface area contributed by atoms with Gasteiger partial charge in [-0.15, -0.1) is 0 Å². The number of nitrogens with one attached hydrogen (secondary N) is 1. The highest BCUT2D eigenvalue weighted by Crippen LogP contribution is 2.19. The van der Waals surface area contributed by atoms with E-state index in [1.165, 1.54) is 0 Å². The van der Waals surface area contributed by atoms with Gasteiger partial charge in [-0.05, 0) is 18.1 Å². The fourth-order valence-corrected chi connectivity index (χ4v) is 1.95. The predicted molar refractivity (Wildman–Crippen MR) is 56.6 cm³/mol. The largest absolute Gasteiger partial charge is 0.481 e. The molecule has 0 saturated carbocycles. The highest BCUT2D eigenvalue weighted by atomic mass is 16.4. The van der Waals surface area contributed by atoms with Gasteiger partial charge in [0.05, 0.1) is 5.92 Å². The van der Waals surface area contributed by atoms with Crippen molar-refractivity contribution in [1.82, 2.24) is 9.88 Å². The van der Waals surface area contributed by atoms with E-state index < -0.39 is 11.9 Å². The van der Waals surface area contributed by atoms with Crippen molar-refractivity contribution in [1.29, 1.82) is 0 Å². The zero-order valence-electron chi connectivity index (χ0n) is 8.85. The summed E-state index contributed by atoms with van der Waals surface area (Å²) in [6, 6.07) is 1.89. The van der Waals surface area contributed by atoms with Gasteiger partial charge in [-0.3, -0.25) is 9.59 Å². The summed E-state index contributed by atoms with van der Waals surface area (Å²) in [6.07, 6.45) is 4.40. The van der Waals surface area contributed by atoms with E-state index in [2.05, 4.69) is 4.98 Å². The minimum Gasteiger partial charge on any atom is -0.481 e. The smallest absolute Gasteiger partial charge is 0.308 e. The van der Waals surface area contributed by atoms with Crippen LogP contribution >= 0.6 is 0 Å². The van der Waals surface area contributed by atoms with Crippen LogP contribution in [0.4, 0.5) is 0 Å². The van der Waals surface area contributed by atoms with Gasteiger partial charge < -0.3 is 15.0 Å². The SMILES string of the molecule is O=C(O)C1CCC(=O)N(Cc2cc[nH]c2)C1. The molecule has 1 fully saturated rings. The molecule has 1 aliphatic heterocycles. The molecule has 1 unspecified atom stereocenters. The third-order valence-electron chi connectivity index (χ3n) is 2.89. The quantitative estimate of drug-likeness (QED) is 0.795. The first-order chi connectivity index (χ1) is 7.66. The average molecular weight is 222 g/mol. The van der Waals surface area contributed by atoms with Gasteiger partial charge in [0.25, 0.3) is 0 Å². The number of carbonyl (C=O) groups is 2. The van der Waals surface area contributed by atoms with Gasteiger partial charge in [-0.25, -0.2) is 0 Å². The molecule has 16 heavy (non-hydrogen) atoms. The number of nitrogens with zero attached hydrogens (tertiary/aromatic N) is 1. The Morgan fingerprint density at radius 2 is 2.44 bits per heavy atom. The second-order valence-corrected chi connectivity index (χ2v) is 4.07. The van der Waals surface area contributed by atoms with E-state index in [0.29, 0.717) is 25.9 Å². The summed E-state index contributed by atoms with van der Waals surface area (Å²) in [7, 11) is 0. The lowest BCUT2D eigenvalue weighted by molar-refractivity contribution is -0.147. The highest BCUT2D eigenvalue weighted by Gasteiger charge is 2.29. The maximum atomic E-state index is 11.6. The first-order valence-corrected chi connectivity index (χ1v) is 5.29. The van der Waals surface area contributed by atoms with Crippen molar-refractivity contribution in [3.8, 4) is 0 Å². The summed E-state index contributed by atoms with van der Waals surface area (Å²) < 4.78 is 0. The number of hydrogen-bond donors (Lipinski definition) is 2. The number of H-pyrrole nitrogens is 1. The number of aliphatic carboxylic acids is 1. The number of likely N-dealkylation sites (tertiary alicyclic amines) is 1. The second-order valence-electron chi connectivity index (χ2n) is 4.07. The van der Waals surface area contributed by atoms with E-state index >= 15 is 0 Å². The van der Waals surface area contributed by atoms with Crippen LogP contribution in [0.5, 0.6) is 0 Å². The van der Waals surface area contributed by atoms with Crippen LogP contribution in [-0.2, 0) is 16.1 Å². The van der Waals surface area contributed by atoms with E-state index in [4.69, 9.17) is 5.11 Å². The Bertz CT molecular complexity index is 386. The van der Waals surface area contributed by atoms with Gasteiger partial charge in [0.2, 0.25) is 5.91 Å². The molecule has 1 saturated heterocycles. The van der Waals surface area contributed by atoms with Gasteiger partial charge in [-0.1, -0.05) is 0 Å². The average Bonchev–Trinajstić information content (AvgIpc) is 2.73. The van der Waals surface area contributed by atoms with Crippen molar-refractivity contribution < 1.29 is 14.7 Å². The van der Waals surface area contributed by atoms with Crippen LogP contribution in [0.1, 0.15) is 18.4 Å². The second kappa shape index (κ2) is 4.38. The standard InChI is InChI=1S/C11H14N2O3/c14-10-2-1-9(11(15)16)7-13(10)6-8-3-4-12-5-8/h3-5,9,12H,1-2,6-7H2,(H,15,16). The highest BCUT2D eigenvalue weighted by molar-refractivity contribution is 5.80. The fourth-order valence-electron chi connectivity index (χ4n) is 1.95. The number of amides is 1. The summed E-state index contributed by atoms with van der Waals surface area (Å²) in [5.41, 5.74) is 0.999. The van der Waals surface area contributed by atoms with Crippen LogP contribution in [0.3, 0.4) is 0 Å². The third-order valence-corrected chi connectivity index (χ3v) is 2.89. The number of aromatic amines is 1. The minimum absolute atomic E-state index is 0.0405. The van der Waals surface area contributed by atoms with E-state index in [0.717, 1.165) is 5.56 Å². The molecule has 1 atom stereocenters. The van der Waals surface area contributed by atoms with Crippen molar-refractivity contribution in [2.45, 2.75) is 19.4 Å². The molecule has 0 aromatic carbocycles. The molecule has 5 nitrogen and oxygen atoms in total. The van der Waals surface area contributed by atoms with E-state index in [9.17, 15) is 9.59 Å². The number of hydrogen-bond acceptors (Lipinski definition) is 2. The summed E-state index contributed by atoms with van der Waals surface area (Å²) >= 11 is 0. The molecule has 5 heteroatoms. The third kappa shape index (κ3) is 2.24. The lowest BCUT2D eigenvalue weighted by Crippen LogP contribution is -2.41. The van der Waals surface area contributed by atoms with Crippen LogP contribution in [0.25, 0.3) is 0 Å². The Morgan fingerprint density at radius 3 is 3.06 bits per heavy atom. The Hall–Kier alpha value is -1.78. The first kappa shape index (κ1) is 10.7. The molecule has 0 bridgehead atoms. The number of piperidine rings is 1. The lowest BCUT2D eigenvalue weighted by atomic mass is 9.97. The van der Waals surface area contributed by atoms with Crippen molar-refractivity contribution in [3.05, 3.63) is 24.0 Å². The minimum atomic E-state index is -0.813. The van der Waals surface area contributed by atoms with E-state index in [-0.39, 0.29) is 5.91 Å². The van der Waals surface area contributed by atoms with Crippen molar-refractivity contribution in [3.63, 3.8) is 0 Å². The molecule has 1 amide bonds. The molecule has 2 heterocycles. The van der Waals surface area contributed by atoms with Crippen LogP contribution in [0.2, 0.25) is 0 Å². The summed E-state index contributed by atoms with van der Waals surface area (Å²) in [5.74, 6) is -1.19. The van der Waals surface area contributed by atoms with Crippen LogP contribution < -0.4 is 0 Å². The molecule has 0 radical (unpaired) electrons. The van der Waals surface area contributed by atoms with Crippen LogP contribution in [0, 0.1) is 5.92 Å². The Labute approximate surface area is 93.1 Å². The summed E-state index contributed by atoms with van der Waals surface area (Å²) in [5, 5.41) is 8.92. The monoisotopic (exact) mass is 222 g/mol. The Kier molecular flexibility index (Phi) is 2.94. The maximum absolute atomic E-state index is 11.6. The number of aromatic nitrogens is 1. The molecular weight excluding hydrogens is 208 g/mol. The van der Waals surface area contributed by atoms with Gasteiger partial charge >= 0.3 is 5.97 Å². The normalized spacial score (nSPS) is 21.1. The molecule has 2 rings (SSSR count). The maximum Gasteiger partial charge on any atom is 0.308 e. The van der Waals surface area contributed by atoms with E-state index in [1.807, 2.05) is 12.3 Å². The van der Waals surface area contributed by atoms with Crippen molar-refractivity contribution in [2.24, 2.45) is 5.92 Å². The van der Waals surface area contributed by atoms with Crippen molar-refractivity contribution >= 4 is 11.9 Å². The van der Waals surface area contributed by atoms with Gasteiger partial charge in [0.15, 0.2) is 0 Å². The number of carbonyl (C=O) groups excluding carboxylic acids is 1. The Balaban J connectivity index is 2.01. The predicted octanol–water partition coefficient (Wildman–Crippen LogP) is 0.838. The van der Waals surface area contributed by atoms with Crippen molar-refractivity contribution in [2.75, 3.05) is 6.54 Å². The summed E-state index contributed by atoms with van der Waals surface area (Å²) in [4.78, 5) is 27.0. The molecule has 2 N–H and O–H groups in total. The summed E-state index contributed by atoms with van der Waals surface area (Å²) in [6.45, 7) is 0.811. The van der Waals surface area contributed by atoms with Gasteiger partial charge in [0, 0.05) is 31.9 Å². The Morgan fingerprint density at radius 1 is 1.62 bits per heavy atom. The molecule has 1 aliphatic rings. The topological polar surface area (TPSA) is 73.4 Å². The lowest BCUT2D eigenvalue weighted by Gasteiger charge is -2.30. The number of carboxylic acids is 1.